The minimum absolute atomic E-state index is 0.00888. The summed E-state index contributed by atoms with van der Waals surface area (Å²) in [6.45, 7) is 2.03. The summed E-state index contributed by atoms with van der Waals surface area (Å²) in [4.78, 5) is 11.6. The lowest BCUT2D eigenvalue weighted by Gasteiger charge is -2.18. The highest BCUT2D eigenvalue weighted by Crippen LogP contribution is 2.19. The molecular formula is C16H30O2. The zero-order valence-electron chi connectivity index (χ0n) is 12.1. The van der Waals surface area contributed by atoms with Crippen LogP contribution in [0.1, 0.15) is 90.4 Å². The molecule has 0 bridgehead atoms. The van der Waals surface area contributed by atoms with Gasteiger partial charge in [-0.2, -0.15) is 0 Å². The molecule has 0 aromatic carbocycles. The molecule has 0 aromatic rings. The van der Waals surface area contributed by atoms with Crippen LogP contribution in [0.4, 0.5) is 0 Å². The highest BCUT2D eigenvalue weighted by molar-refractivity contribution is 5.69. The first-order chi connectivity index (χ1) is 8.83. The van der Waals surface area contributed by atoms with E-state index in [1.165, 1.54) is 57.8 Å². The lowest BCUT2D eigenvalue weighted by Crippen LogP contribution is -2.18. The Kier molecular flexibility index (Phi) is 8.97. The number of hydrogen-bond donors (Lipinski definition) is 0. The maximum Gasteiger partial charge on any atom is 0.306 e. The van der Waals surface area contributed by atoms with Gasteiger partial charge in [-0.3, -0.25) is 4.79 Å². The smallest absolute Gasteiger partial charge is 0.306 e. The van der Waals surface area contributed by atoms with E-state index in [2.05, 4.69) is 0 Å². The van der Waals surface area contributed by atoms with Gasteiger partial charge in [0, 0.05) is 6.42 Å². The van der Waals surface area contributed by atoms with Crippen LogP contribution in [-0.4, -0.2) is 12.1 Å². The zero-order chi connectivity index (χ0) is 13.1. The van der Waals surface area contributed by atoms with Crippen molar-refractivity contribution in [3.63, 3.8) is 0 Å². The Bertz CT molecular complexity index is 201. The normalized spacial score (nSPS) is 20.7. The van der Waals surface area contributed by atoms with Crippen LogP contribution < -0.4 is 0 Å². The number of carbonyl (C=O) groups is 1. The molecule has 1 fully saturated rings. The predicted octanol–water partition coefficient (Wildman–Crippen LogP) is 5.00. The number of ether oxygens (including phenoxy) is 1. The monoisotopic (exact) mass is 254 g/mol. The first kappa shape index (κ1) is 15.5. The molecular weight excluding hydrogens is 224 g/mol. The van der Waals surface area contributed by atoms with E-state index < -0.39 is 0 Å². The molecule has 0 N–H and O–H groups in total. The van der Waals surface area contributed by atoms with E-state index in [9.17, 15) is 4.79 Å². The molecule has 2 nitrogen and oxygen atoms in total. The molecule has 0 aromatic heterocycles. The van der Waals surface area contributed by atoms with Gasteiger partial charge in [0.1, 0.15) is 6.10 Å². The molecule has 1 aliphatic carbocycles. The van der Waals surface area contributed by atoms with Crippen molar-refractivity contribution in [3.05, 3.63) is 0 Å². The summed E-state index contributed by atoms with van der Waals surface area (Å²) in [6, 6.07) is 0. The predicted molar refractivity (Wildman–Crippen MR) is 75.6 cm³/mol. The summed E-state index contributed by atoms with van der Waals surface area (Å²) >= 11 is 0. The van der Waals surface area contributed by atoms with Crippen LogP contribution in [0.25, 0.3) is 0 Å². The van der Waals surface area contributed by atoms with Crippen molar-refractivity contribution in [1.82, 2.24) is 0 Å². The van der Waals surface area contributed by atoms with Gasteiger partial charge >= 0.3 is 5.97 Å². The average molecular weight is 254 g/mol. The van der Waals surface area contributed by atoms with Gasteiger partial charge in [-0.1, -0.05) is 51.9 Å². The zero-order valence-corrected chi connectivity index (χ0v) is 12.1. The highest BCUT2D eigenvalue weighted by Gasteiger charge is 2.13. The van der Waals surface area contributed by atoms with Gasteiger partial charge in [0.15, 0.2) is 0 Å². The SMILES string of the molecule is CCCC(=O)OC1CCCCCCCCCCC1. The van der Waals surface area contributed by atoms with Crippen LogP contribution in [0.15, 0.2) is 0 Å². The summed E-state index contributed by atoms with van der Waals surface area (Å²) in [7, 11) is 0. The second-order valence-corrected chi connectivity index (χ2v) is 5.62. The third kappa shape index (κ3) is 7.73. The van der Waals surface area contributed by atoms with Crippen molar-refractivity contribution < 1.29 is 9.53 Å². The van der Waals surface area contributed by atoms with Gasteiger partial charge in [0.25, 0.3) is 0 Å². The lowest BCUT2D eigenvalue weighted by atomic mass is 9.99. The quantitative estimate of drug-likeness (QED) is 0.662. The topological polar surface area (TPSA) is 26.3 Å². The Labute approximate surface area is 112 Å². The molecule has 0 saturated heterocycles. The molecule has 0 heterocycles. The van der Waals surface area contributed by atoms with Gasteiger partial charge in [0.2, 0.25) is 0 Å². The van der Waals surface area contributed by atoms with Crippen molar-refractivity contribution >= 4 is 5.97 Å². The molecule has 0 unspecified atom stereocenters. The Morgan fingerprint density at radius 3 is 1.78 bits per heavy atom. The molecule has 0 amide bonds. The number of esters is 1. The van der Waals surface area contributed by atoms with E-state index in [0.29, 0.717) is 6.42 Å². The molecule has 2 heteroatoms. The first-order valence-electron chi connectivity index (χ1n) is 8.02. The fourth-order valence-electron chi connectivity index (χ4n) is 2.69. The Morgan fingerprint density at radius 1 is 0.889 bits per heavy atom. The Morgan fingerprint density at radius 2 is 1.33 bits per heavy atom. The molecule has 0 radical (unpaired) electrons. The standard InChI is InChI=1S/C16H30O2/c1-2-12-16(17)18-15-13-10-8-6-4-3-5-7-9-11-14-15/h15H,2-14H2,1H3. The van der Waals surface area contributed by atoms with Crippen LogP contribution >= 0.6 is 0 Å². The van der Waals surface area contributed by atoms with Crippen LogP contribution in [-0.2, 0) is 9.53 Å². The van der Waals surface area contributed by atoms with Crippen molar-refractivity contribution in [3.8, 4) is 0 Å². The van der Waals surface area contributed by atoms with Crippen molar-refractivity contribution in [2.45, 2.75) is 96.5 Å². The molecule has 1 rings (SSSR count). The largest absolute Gasteiger partial charge is 0.462 e. The minimum Gasteiger partial charge on any atom is -0.462 e. The number of hydrogen-bond acceptors (Lipinski definition) is 2. The van der Waals surface area contributed by atoms with E-state index >= 15 is 0 Å². The first-order valence-corrected chi connectivity index (χ1v) is 8.02. The lowest BCUT2D eigenvalue weighted by molar-refractivity contribution is -0.149. The maximum absolute atomic E-state index is 11.6. The molecule has 0 atom stereocenters. The number of carbonyl (C=O) groups excluding carboxylic acids is 1. The average Bonchev–Trinajstić information content (AvgIpc) is 2.33. The molecule has 18 heavy (non-hydrogen) atoms. The third-order valence-corrected chi connectivity index (χ3v) is 3.80. The molecule has 0 spiro atoms. The molecule has 1 aliphatic rings. The summed E-state index contributed by atoms with van der Waals surface area (Å²) < 4.78 is 5.60. The van der Waals surface area contributed by atoms with Gasteiger partial charge < -0.3 is 4.74 Å². The maximum atomic E-state index is 11.6. The van der Waals surface area contributed by atoms with Crippen LogP contribution in [0.5, 0.6) is 0 Å². The Hall–Kier alpha value is -0.530. The van der Waals surface area contributed by atoms with E-state index in [4.69, 9.17) is 4.74 Å². The summed E-state index contributed by atoms with van der Waals surface area (Å²) in [5, 5.41) is 0. The van der Waals surface area contributed by atoms with E-state index in [1.807, 2.05) is 6.92 Å². The highest BCUT2D eigenvalue weighted by atomic mass is 16.5. The van der Waals surface area contributed by atoms with E-state index in [0.717, 1.165) is 19.3 Å². The molecule has 1 saturated carbocycles. The Balaban J connectivity index is 2.29. The van der Waals surface area contributed by atoms with Crippen molar-refractivity contribution in [1.29, 1.82) is 0 Å². The van der Waals surface area contributed by atoms with Crippen molar-refractivity contribution in [2.24, 2.45) is 0 Å². The van der Waals surface area contributed by atoms with Gasteiger partial charge in [-0.05, 0) is 32.1 Å². The van der Waals surface area contributed by atoms with Gasteiger partial charge in [0.05, 0.1) is 0 Å². The fourth-order valence-corrected chi connectivity index (χ4v) is 2.69. The molecule has 0 aliphatic heterocycles. The van der Waals surface area contributed by atoms with Crippen LogP contribution in [0.3, 0.4) is 0 Å². The fraction of sp³-hybridized carbons (Fsp3) is 0.938. The van der Waals surface area contributed by atoms with E-state index in [-0.39, 0.29) is 12.1 Å². The van der Waals surface area contributed by atoms with Gasteiger partial charge in [-0.15, -0.1) is 0 Å². The summed E-state index contributed by atoms with van der Waals surface area (Å²) in [5.74, 6) is 0.00888. The second kappa shape index (κ2) is 10.4. The van der Waals surface area contributed by atoms with Crippen molar-refractivity contribution in [2.75, 3.05) is 0 Å². The number of rotatable bonds is 3. The summed E-state index contributed by atoms with van der Waals surface area (Å²) in [6.07, 6.45) is 15.8. The van der Waals surface area contributed by atoms with Crippen LogP contribution in [0, 0.1) is 0 Å². The molecule has 106 valence electrons. The minimum atomic E-state index is 0.00888. The third-order valence-electron chi connectivity index (χ3n) is 3.80. The van der Waals surface area contributed by atoms with Crippen LogP contribution in [0.2, 0.25) is 0 Å². The van der Waals surface area contributed by atoms with Gasteiger partial charge in [-0.25, -0.2) is 0 Å². The second-order valence-electron chi connectivity index (χ2n) is 5.62. The van der Waals surface area contributed by atoms with E-state index in [1.54, 1.807) is 0 Å². The summed E-state index contributed by atoms with van der Waals surface area (Å²) in [5.41, 5.74) is 0.